The first-order valence-corrected chi connectivity index (χ1v) is 8.03. The zero-order valence-electron chi connectivity index (χ0n) is 13.9. The fourth-order valence-corrected chi connectivity index (χ4v) is 2.81. The number of hydrogen-bond acceptors (Lipinski definition) is 7. The second-order valence-electron chi connectivity index (χ2n) is 6.11. The van der Waals surface area contributed by atoms with Gasteiger partial charge in [-0.15, -0.1) is 0 Å². The molecule has 0 bridgehead atoms. The summed E-state index contributed by atoms with van der Waals surface area (Å²) < 4.78 is 10.3. The number of amides is 1. The van der Waals surface area contributed by atoms with Gasteiger partial charge in [-0.05, 0) is 26.3 Å². The number of hydrogen-bond donors (Lipinski definition) is 0. The molecule has 0 saturated carbocycles. The molecule has 1 saturated heterocycles. The summed E-state index contributed by atoms with van der Waals surface area (Å²) in [5, 5.41) is 7.51. The van der Waals surface area contributed by atoms with Crippen LogP contribution in [-0.2, 0) is 22.4 Å². The van der Waals surface area contributed by atoms with Crippen LogP contribution in [0, 0.1) is 19.8 Å². The number of aromatic nitrogens is 4. The molecule has 0 aliphatic carbocycles. The zero-order valence-corrected chi connectivity index (χ0v) is 13.9. The van der Waals surface area contributed by atoms with Gasteiger partial charge in [-0.2, -0.15) is 0 Å². The van der Waals surface area contributed by atoms with E-state index in [0.29, 0.717) is 37.7 Å². The van der Waals surface area contributed by atoms with Crippen molar-refractivity contribution in [2.45, 2.75) is 26.7 Å². The van der Waals surface area contributed by atoms with Crippen LogP contribution in [0.4, 0.5) is 0 Å². The number of carbonyl (C=O) groups is 1. The molecule has 0 unspecified atom stereocenters. The molecule has 1 amide bonds. The Morgan fingerprint density at radius 3 is 2.96 bits per heavy atom. The van der Waals surface area contributed by atoms with Gasteiger partial charge >= 0.3 is 0 Å². The van der Waals surface area contributed by atoms with Crippen molar-refractivity contribution in [2.75, 3.05) is 26.3 Å². The zero-order chi connectivity index (χ0) is 16.9. The fourth-order valence-electron chi connectivity index (χ4n) is 2.81. The standard InChI is InChI=1S/C16H21N5O3/c1-11-5-14(18-10-17-11)6-13-8-21(3-4-23-9-13)16(22)7-15-12(2)19-24-20-15/h5,10,13H,3-4,6-9H2,1-2H3/t13-/m0/s1. The summed E-state index contributed by atoms with van der Waals surface area (Å²) in [5.74, 6) is 0.227. The molecule has 3 heterocycles. The predicted octanol–water partition coefficient (Wildman–Crippen LogP) is 0.737. The van der Waals surface area contributed by atoms with E-state index in [1.807, 2.05) is 17.9 Å². The van der Waals surface area contributed by atoms with Crippen molar-refractivity contribution in [1.29, 1.82) is 0 Å². The summed E-state index contributed by atoms with van der Waals surface area (Å²) in [7, 11) is 0. The molecule has 0 N–H and O–H groups in total. The topological polar surface area (TPSA) is 94.2 Å². The Hall–Kier alpha value is -2.35. The van der Waals surface area contributed by atoms with Gasteiger partial charge in [0, 0.05) is 30.4 Å². The molecule has 8 nitrogen and oxygen atoms in total. The fraction of sp³-hybridized carbons (Fsp3) is 0.562. The van der Waals surface area contributed by atoms with Gasteiger partial charge in [0.25, 0.3) is 0 Å². The molecule has 1 aliphatic rings. The minimum Gasteiger partial charge on any atom is -0.379 e. The number of aryl methyl sites for hydroxylation is 2. The highest BCUT2D eigenvalue weighted by Crippen LogP contribution is 2.14. The molecular formula is C16H21N5O3. The van der Waals surface area contributed by atoms with Gasteiger partial charge in [0.1, 0.15) is 17.7 Å². The summed E-state index contributed by atoms with van der Waals surface area (Å²) in [5.41, 5.74) is 3.16. The second-order valence-corrected chi connectivity index (χ2v) is 6.11. The second kappa shape index (κ2) is 7.48. The Balaban J connectivity index is 1.63. The lowest BCUT2D eigenvalue weighted by Crippen LogP contribution is -2.37. The van der Waals surface area contributed by atoms with E-state index in [-0.39, 0.29) is 18.2 Å². The van der Waals surface area contributed by atoms with Crippen LogP contribution in [0.15, 0.2) is 17.0 Å². The molecule has 8 heteroatoms. The summed E-state index contributed by atoms with van der Waals surface area (Å²) in [6, 6.07) is 1.97. The van der Waals surface area contributed by atoms with Gasteiger partial charge in [0.15, 0.2) is 0 Å². The molecule has 0 spiro atoms. The van der Waals surface area contributed by atoms with Crippen LogP contribution >= 0.6 is 0 Å². The third kappa shape index (κ3) is 4.14. The average Bonchev–Trinajstić information content (AvgIpc) is 2.81. The Morgan fingerprint density at radius 2 is 2.21 bits per heavy atom. The van der Waals surface area contributed by atoms with Crippen LogP contribution < -0.4 is 0 Å². The third-order valence-electron chi connectivity index (χ3n) is 4.11. The molecule has 1 fully saturated rings. The minimum absolute atomic E-state index is 0.0168. The van der Waals surface area contributed by atoms with Crippen LogP contribution in [0.2, 0.25) is 0 Å². The molecule has 2 aromatic rings. The van der Waals surface area contributed by atoms with E-state index in [0.717, 1.165) is 17.8 Å². The van der Waals surface area contributed by atoms with Crippen LogP contribution in [0.3, 0.4) is 0 Å². The van der Waals surface area contributed by atoms with E-state index >= 15 is 0 Å². The number of ether oxygens (including phenoxy) is 1. The first kappa shape index (κ1) is 16.5. The van der Waals surface area contributed by atoms with E-state index in [2.05, 4.69) is 24.9 Å². The molecule has 0 radical (unpaired) electrons. The van der Waals surface area contributed by atoms with E-state index in [1.54, 1.807) is 13.3 Å². The first-order chi connectivity index (χ1) is 11.6. The van der Waals surface area contributed by atoms with Gasteiger partial charge in [-0.3, -0.25) is 4.79 Å². The monoisotopic (exact) mass is 331 g/mol. The highest BCUT2D eigenvalue weighted by Gasteiger charge is 2.24. The SMILES string of the molecule is Cc1cc(C[C@@H]2COCCN(C(=O)Cc3nonc3C)C2)ncn1. The molecule has 128 valence electrons. The van der Waals surface area contributed by atoms with Gasteiger partial charge in [0.2, 0.25) is 5.91 Å². The molecule has 2 aromatic heterocycles. The Labute approximate surface area is 140 Å². The molecule has 1 aliphatic heterocycles. The van der Waals surface area contributed by atoms with Gasteiger partial charge in [0.05, 0.1) is 19.6 Å². The number of carbonyl (C=O) groups excluding carboxylic acids is 1. The van der Waals surface area contributed by atoms with Crippen LogP contribution in [-0.4, -0.2) is 57.4 Å². The Morgan fingerprint density at radius 1 is 1.33 bits per heavy atom. The van der Waals surface area contributed by atoms with Crippen molar-refractivity contribution in [1.82, 2.24) is 25.2 Å². The van der Waals surface area contributed by atoms with E-state index in [4.69, 9.17) is 4.74 Å². The smallest absolute Gasteiger partial charge is 0.228 e. The minimum atomic E-state index is 0.0168. The van der Waals surface area contributed by atoms with E-state index < -0.39 is 0 Å². The highest BCUT2D eigenvalue weighted by molar-refractivity contribution is 5.78. The van der Waals surface area contributed by atoms with Crippen molar-refractivity contribution in [3.8, 4) is 0 Å². The average molecular weight is 331 g/mol. The first-order valence-electron chi connectivity index (χ1n) is 8.03. The van der Waals surface area contributed by atoms with Crippen molar-refractivity contribution in [3.63, 3.8) is 0 Å². The van der Waals surface area contributed by atoms with E-state index in [9.17, 15) is 4.79 Å². The van der Waals surface area contributed by atoms with E-state index in [1.165, 1.54) is 0 Å². The lowest BCUT2D eigenvalue weighted by molar-refractivity contribution is -0.131. The maximum Gasteiger partial charge on any atom is 0.228 e. The molecule has 0 aromatic carbocycles. The Bertz CT molecular complexity index is 703. The predicted molar refractivity (Wildman–Crippen MR) is 84.1 cm³/mol. The molecule has 3 rings (SSSR count). The van der Waals surface area contributed by atoms with Crippen molar-refractivity contribution in [3.05, 3.63) is 35.2 Å². The van der Waals surface area contributed by atoms with Gasteiger partial charge in [-0.1, -0.05) is 10.3 Å². The third-order valence-corrected chi connectivity index (χ3v) is 4.11. The summed E-state index contributed by atoms with van der Waals surface area (Å²) in [4.78, 5) is 22.8. The van der Waals surface area contributed by atoms with Crippen LogP contribution in [0.25, 0.3) is 0 Å². The number of nitrogens with zero attached hydrogens (tertiary/aromatic N) is 5. The summed E-state index contributed by atoms with van der Waals surface area (Å²) in [6.45, 7) is 6.12. The Kier molecular flexibility index (Phi) is 5.14. The van der Waals surface area contributed by atoms with Crippen LogP contribution in [0.5, 0.6) is 0 Å². The number of rotatable bonds is 4. The largest absolute Gasteiger partial charge is 0.379 e. The maximum absolute atomic E-state index is 12.6. The molecule has 24 heavy (non-hydrogen) atoms. The van der Waals surface area contributed by atoms with Crippen molar-refractivity contribution >= 4 is 5.91 Å². The molecule has 1 atom stereocenters. The summed E-state index contributed by atoms with van der Waals surface area (Å²) in [6.07, 6.45) is 2.54. The highest BCUT2D eigenvalue weighted by atomic mass is 16.6. The maximum atomic E-state index is 12.6. The van der Waals surface area contributed by atoms with Gasteiger partial charge in [-0.25, -0.2) is 14.6 Å². The normalized spacial score (nSPS) is 18.4. The lowest BCUT2D eigenvalue weighted by Gasteiger charge is -2.23. The van der Waals surface area contributed by atoms with Gasteiger partial charge < -0.3 is 9.64 Å². The van der Waals surface area contributed by atoms with Crippen molar-refractivity contribution in [2.24, 2.45) is 5.92 Å². The molecular weight excluding hydrogens is 310 g/mol. The quantitative estimate of drug-likeness (QED) is 0.815. The summed E-state index contributed by atoms with van der Waals surface area (Å²) >= 11 is 0. The lowest BCUT2D eigenvalue weighted by atomic mass is 10.0. The van der Waals surface area contributed by atoms with Crippen LogP contribution in [0.1, 0.15) is 22.8 Å². The van der Waals surface area contributed by atoms with Crippen molar-refractivity contribution < 1.29 is 14.2 Å².